The maximum Gasteiger partial charge on any atom is 0.265 e. The molecule has 2 aromatic rings. The van der Waals surface area contributed by atoms with Crippen LogP contribution < -0.4 is 14.2 Å². The number of nitrogens with zero attached hydrogens (tertiary/aromatic N) is 1. The molecule has 170 valence electrons. The molecule has 0 N–H and O–H groups in total. The summed E-state index contributed by atoms with van der Waals surface area (Å²) in [5.74, 6) is 1.95. The van der Waals surface area contributed by atoms with E-state index in [-0.39, 0.29) is 11.3 Å². The molecule has 2 aromatic carbocycles. The second kappa shape index (κ2) is 10.4. The van der Waals surface area contributed by atoms with Crippen LogP contribution in [-0.2, 0) is 10.2 Å². The number of methoxy groups -OCH3 is 1. The molecule has 7 heteroatoms. The number of ether oxygens (including phenoxy) is 3. The lowest BCUT2D eigenvalue weighted by Crippen LogP contribution is -2.22. The maximum absolute atomic E-state index is 12.4. The van der Waals surface area contributed by atoms with Gasteiger partial charge in [0.2, 0.25) is 0 Å². The predicted octanol–water partition coefficient (Wildman–Crippen LogP) is 5.67. The Balaban J connectivity index is 1.60. The predicted molar refractivity (Wildman–Crippen MR) is 135 cm³/mol. The van der Waals surface area contributed by atoms with E-state index in [9.17, 15) is 4.79 Å². The number of hydrogen-bond donors (Lipinski definition) is 0. The fourth-order valence-electron chi connectivity index (χ4n) is 3.12. The molecule has 1 saturated heterocycles. The van der Waals surface area contributed by atoms with Gasteiger partial charge in [0.15, 0.2) is 11.5 Å². The minimum Gasteiger partial charge on any atom is -0.493 e. The maximum atomic E-state index is 12.4. The van der Waals surface area contributed by atoms with E-state index in [1.54, 1.807) is 20.2 Å². The molecule has 0 spiro atoms. The molecule has 0 aromatic heterocycles. The van der Waals surface area contributed by atoms with Crippen molar-refractivity contribution in [3.8, 4) is 17.2 Å². The number of carbonyl (C=O) groups excluding carboxylic acids is 1. The molecule has 3 rings (SSSR count). The van der Waals surface area contributed by atoms with E-state index in [4.69, 9.17) is 26.4 Å². The first kappa shape index (κ1) is 24.1. The van der Waals surface area contributed by atoms with Crippen LogP contribution in [0.4, 0.5) is 0 Å². The Morgan fingerprint density at radius 1 is 1.06 bits per heavy atom. The van der Waals surface area contributed by atoms with E-state index in [1.807, 2.05) is 30.3 Å². The third kappa shape index (κ3) is 5.84. The fourth-order valence-corrected chi connectivity index (χ4v) is 4.29. The van der Waals surface area contributed by atoms with Gasteiger partial charge in [0, 0.05) is 19.0 Å². The van der Waals surface area contributed by atoms with Gasteiger partial charge < -0.3 is 14.2 Å². The standard InChI is InChI=1S/C25H29NO4S2/c1-25(2,3)18-10-12-19(13-11-18)29-14-7-15-30-22-17(8-6-9-20(22)28-5)16-21-23(27)26(4)24(31)32-21/h6,8-13,16H,7,14-15H2,1-5H3/b21-16+. The normalized spacial score (nSPS) is 15.4. The van der Waals surface area contributed by atoms with E-state index in [2.05, 4.69) is 32.9 Å². The second-order valence-electron chi connectivity index (χ2n) is 8.44. The Kier molecular flexibility index (Phi) is 7.85. The Bertz CT molecular complexity index is 1010. The van der Waals surface area contributed by atoms with Gasteiger partial charge in [-0.15, -0.1) is 0 Å². The van der Waals surface area contributed by atoms with Crippen LogP contribution in [0.25, 0.3) is 6.08 Å². The van der Waals surface area contributed by atoms with Crippen LogP contribution in [0.5, 0.6) is 17.2 Å². The van der Waals surface area contributed by atoms with Gasteiger partial charge in [-0.1, -0.05) is 69.0 Å². The summed E-state index contributed by atoms with van der Waals surface area (Å²) in [5, 5.41) is 0. The molecular formula is C25H29NO4S2. The van der Waals surface area contributed by atoms with Gasteiger partial charge in [-0.2, -0.15) is 0 Å². The molecule has 1 fully saturated rings. The number of benzene rings is 2. The van der Waals surface area contributed by atoms with Gasteiger partial charge >= 0.3 is 0 Å². The smallest absolute Gasteiger partial charge is 0.265 e. The zero-order valence-electron chi connectivity index (χ0n) is 19.1. The van der Waals surface area contributed by atoms with Gasteiger partial charge in [-0.25, -0.2) is 0 Å². The largest absolute Gasteiger partial charge is 0.493 e. The van der Waals surface area contributed by atoms with Crippen LogP contribution in [0, 0.1) is 0 Å². The molecule has 1 aliphatic rings. The van der Waals surface area contributed by atoms with Crippen molar-refractivity contribution in [1.29, 1.82) is 0 Å². The van der Waals surface area contributed by atoms with Crippen molar-refractivity contribution in [2.75, 3.05) is 27.4 Å². The highest BCUT2D eigenvalue weighted by atomic mass is 32.2. The lowest BCUT2D eigenvalue weighted by molar-refractivity contribution is -0.121. The zero-order chi connectivity index (χ0) is 23.3. The van der Waals surface area contributed by atoms with Crippen LogP contribution in [0.1, 0.15) is 38.3 Å². The monoisotopic (exact) mass is 471 g/mol. The molecule has 0 unspecified atom stereocenters. The average molecular weight is 472 g/mol. The lowest BCUT2D eigenvalue weighted by atomic mass is 9.87. The summed E-state index contributed by atoms with van der Waals surface area (Å²) in [6.45, 7) is 7.56. The van der Waals surface area contributed by atoms with Crippen LogP contribution in [0.15, 0.2) is 47.4 Å². The molecule has 1 aliphatic heterocycles. The van der Waals surface area contributed by atoms with Gasteiger partial charge in [-0.05, 0) is 35.3 Å². The highest BCUT2D eigenvalue weighted by molar-refractivity contribution is 8.26. The quantitative estimate of drug-likeness (QED) is 0.281. The van der Waals surface area contributed by atoms with Crippen LogP contribution in [-0.4, -0.2) is 42.5 Å². The van der Waals surface area contributed by atoms with E-state index in [0.29, 0.717) is 40.4 Å². The van der Waals surface area contributed by atoms with Crippen molar-refractivity contribution in [3.63, 3.8) is 0 Å². The number of likely N-dealkylation sites (N-methyl/N-ethyl adjacent to an activating group) is 1. The highest BCUT2D eigenvalue weighted by Crippen LogP contribution is 2.37. The number of thioether (sulfide) groups is 1. The molecule has 0 saturated carbocycles. The number of rotatable bonds is 8. The Hall–Kier alpha value is -2.51. The molecule has 1 heterocycles. The minimum atomic E-state index is -0.111. The van der Waals surface area contributed by atoms with Gasteiger partial charge in [0.25, 0.3) is 5.91 Å². The molecule has 1 amide bonds. The lowest BCUT2D eigenvalue weighted by Gasteiger charge is -2.19. The van der Waals surface area contributed by atoms with E-state index < -0.39 is 0 Å². The van der Waals surface area contributed by atoms with Crippen LogP contribution in [0.3, 0.4) is 0 Å². The second-order valence-corrected chi connectivity index (χ2v) is 10.1. The van der Waals surface area contributed by atoms with Crippen molar-refractivity contribution in [2.24, 2.45) is 0 Å². The van der Waals surface area contributed by atoms with Crippen molar-refractivity contribution in [1.82, 2.24) is 4.90 Å². The van der Waals surface area contributed by atoms with Crippen molar-refractivity contribution in [2.45, 2.75) is 32.6 Å². The van der Waals surface area contributed by atoms with Crippen LogP contribution >= 0.6 is 24.0 Å². The summed E-state index contributed by atoms with van der Waals surface area (Å²) in [4.78, 5) is 14.4. The third-order valence-corrected chi connectivity index (χ3v) is 6.51. The SMILES string of the molecule is COc1cccc(/C=C2/SC(=S)N(C)C2=O)c1OCCCOc1ccc(C(C)(C)C)cc1. The van der Waals surface area contributed by atoms with Gasteiger partial charge in [0.05, 0.1) is 25.2 Å². The zero-order valence-corrected chi connectivity index (χ0v) is 20.8. The molecule has 5 nitrogen and oxygen atoms in total. The number of para-hydroxylation sites is 1. The van der Waals surface area contributed by atoms with Crippen molar-refractivity contribution >= 4 is 40.3 Å². The topological polar surface area (TPSA) is 48.0 Å². The van der Waals surface area contributed by atoms with E-state index >= 15 is 0 Å². The molecule has 0 atom stereocenters. The third-order valence-electron chi connectivity index (χ3n) is 5.03. The first-order valence-electron chi connectivity index (χ1n) is 10.5. The molecular weight excluding hydrogens is 442 g/mol. The Morgan fingerprint density at radius 3 is 2.34 bits per heavy atom. The molecule has 0 aliphatic carbocycles. The van der Waals surface area contributed by atoms with Gasteiger partial charge in [0.1, 0.15) is 10.1 Å². The average Bonchev–Trinajstić information content (AvgIpc) is 3.00. The van der Waals surface area contributed by atoms with Gasteiger partial charge in [-0.3, -0.25) is 9.69 Å². The van der Waals surface area contributed by atoms with E-state index in [0.717, 1.165) is 11.3 Å². The summed E-state index contributed by atoms with van der Waals surface area (Å²) in [6.07, 6.45) is 2.50. The molecule has 0 radical (unpaired) electrons. The number of amides is 1. The number of thiocarbonyl (C=S) groups is 1. The molecule has 0 bridgehead atoms. The summed E-state index contributed by atoms with van der Waals surface area (Å²) < 4.78 is 17.9. The Labute approximate surface area is 199 Å². The minimum absolute atomic E-state index is 0.111. The highest BCUT2D eigenvalue weighted by Gasteiger charge is 2.29. The summed E-state index contributed by atoms with van der Waals surface area (Å²) in [7, 11) is 3.28. The van der Waals surface area contributed by atoms with Crippen LogP contribution in [0.2, 0.25) is 0 Å². The van der Waals surface area contributed by atoms with E-state index in [1.165, 1.54) is 22.2 Å². The van der Waals surface area contributed by atoms with Crippen molar-refractivity contribution in [3.05, 3.63) is 58.5 Å². The first-order chi connectivity index (χ1) is 15.2. The molecule has 32 heavy (non-hydrogen) atoms. The Morgan fingerprint density at radius 2 is 1.75 bits per heavy atom. The fraction of sp³-hybridized carbons (Fsp3) is 0.360. The van der Waals surface area contributed by atoms with Crippen molar-refractivity contribution < 1.29 is 19.0 Å². The first-order valence-corrected chi connectivity index (χ1v) is 11.7. The number of carbonyl (C=O) groups is 1. The summed E-state index contributed by atoms with van der Waals surface area (Å²) >= 11 is 6.50. The number of hydrogen-bond acceptors (Lipinski definition) is 6. The summed E-state index contributed by atoms with van der Waals surface area (Å²) in [5.41, 5.74) is 2.17. The summed E-state index contributed by atoms with van der Waals surface area (Å²) in [6, 6.07) is 13.8.